The second kappa shape index (κ2) is 5.67. The van der Waals surface area contributed by atoms with Gasteiger partial charge >= 0.3 is 0 Å². The predicted octanol–water partition coefficient (Wildman–Crippen LogP) is 2.12. The highest BCUT2D eigenvalue weighted by molar-refractivity contribution is 7.98. The highest BCUT2D eigenvalue weighted by atomic mass is 32.2. The summed E-state index contributed by atoms with van der Waals surface area (Å²) < 4.78 is 0. The predicted molar refractivity (Wildman–Crippen MR) is 81.8 cm³/mol. The zero-order valence-electron chi connectivity index (χ0n) is 11.3. The van der Waals surface area contributed by atoms with Crippen LogP contribution in [0.5, 0.6) is 0 Å². The number of allylic oxidation sites excluding steroid dienone is 1. The van der Waals surface area contributed by atoms with Crippen LogP contribution in [-0.4, -0.2) is 12.1 Å². The van der Waals surface area contributed by atoms with Gasteiger partial charge in [0.2, 0.25) is 5.79 Å². The van der Waals surface area contributed by atoms with E-state index < -0.39 is 5.79 Å². The van der Waals surface area contributed by atoms with Crippen LogP contribution in [0.2, 0.25) is 0 Å². The highest BCUT2D eigenvalue weighted by Crippen LogP contribution is 2.25. The first-order valence-electron chi connectivity index (χ1n) is 6.35. The van der Waals surface area contributed by atoms with Crippen molar-refractivity contribution in [2.24, 2.45) is 16.5 Å². The fourth-order valence-electron chi connectivity index (χ4n) is 2.11. The Labute approximate surface area is 118 Å². The van der Waals surface area contributed by atoms with Crippen molar-refractivity contribution in [2.45, 2.75) is 30.4 Å². The topological polar surface area (TPSA) is 76.4 Å². The average Bonchev–Trinajstić information content (AvgIpc) is 2.38. The first-order valence-corrected chi connectivity index (χ1v) is 7.57. The normalized spacial score (nSPS) is 22.5. The van der Waals surface area contributed by atoms with Crippen LogP contribution < -0.4 is 16.8 Å². The molecule has 0 bridgehead atoms. The SMILES string of the molecule is CCCC1=CC(N)=NC(N)(c2ccc(SC)cc2)N1. The molecule has 1 unspecified atom stereocenters. The minimum atomic E-state index is -0.958. The van der Waals surface area contributed by atoms with E-state index >= 15 is 0 Å². The summed E-state index contributed by atoms with van der Waals surface area (Å²) in [6, 6.07) is 8.06. The third-order valence-corrected chi connectivity index (χ3v) is 3.77. The van der Waals surface area contributed by atoms with Gasteiger partial charge in [-0.05, 0) is 30.9 Å². The van der Waals surface area contributed by atoms with E-state index in [-0.39, 0.29) is 0 Å². The smallest absolute Gasteiger partial charge is 0.211 e. The number of rotatable bonds is 4. The number of benzene rings is 1. The first-order chi connectivity index (χ1) is 9.07. The quantitative estimate of drug-likeness (QED) is 0.736. The molecule has 102 valence electrons. The van der Waals surface area contributed by atoms with Crippen molar-refractivity contribution in [1.29, 1.82) is 0 Å². The van der Waals surface area contributed by atoms with Gasteiger partial charge in [-0.1, -0.05) is 25.5 Å². The summed E-state index contributed by atoms with van der Waals surface area (Å²) in [5, 5.41) is 3.28. The van der Waals surface area contributed by atoms with Crippen LogP contribution in [0.3, 0.4) is 0 Å². The molecule has 2 rings (SSSR count). The van der Waals surface area contributed by atoms with Crippen LogP contribution in [0.4, 0.5) is 0 Å². The molecule has 0 saturated carbocycles. The monoisotopic (exact) mass is 276 g/mol. The lowest BCUT2D eigenvalue weighted by atomic mass is 10.1. The minimum absolute atomic E-state index is 0.471. The molecule has 1 atom stereocenters. The van der Waals surface area contributed by atoms with Crippen molar-refractivity contribution in [3.05, 3.63) is 41.6 Å². The second-order valence-electron chi connectivity index (χ2n) is 4.58. The molecule has 0 fully saturated rings. The molecule has 0 amide bonds. The molecular formula is C14H20N4S. The molecule has 0 aromatic heterocycles. The van der Waals surface area contributed by atoms with Crippen molar-refractivity contribution in [3.8, 4) is 0 Å². The van der Waals surface area contributed by atoms with Gasteiger partial charge in [0.15, 0.2) is 0 Å². The van der Waals surface area contributed by atoms with Crippen LogP contribution in [0.1, 0.15) is 25.3 Å². The molecule has 5 N–H and O–H groups in total. The fourth-order valence-corrected chi connectivity index (χ4v) is 2.52. The lowest BCUT2D eigenvalue weighted by Crippen LogP contribution is -2.51. The number of nitrogens with one attached hydrogen (secondary N) is 1. The number of nitrogens with zero attached hydrogens (tertiary/aromatic N) is 1. The van der Waals surface area contributed by atoms with Gasteiger partial charge in [-0.25, -0.2) is 4.99 Å². The van der Waals surface area contributed by atoms with Crippen LogP contribution in [0.15, 0.2) is 45.9 Å². The maximum Gasteiger partial charge on any atom is 0.211 e. The highest BCUT2D eigenvalue weighted by Gasteiger charge is 2.29. The minimum Gasteiger partial charge on any atom is -0.384 e. The third-order valence-electron chi connectivity index (χ3n) is 3.03. The van der Waals surface area contributed by atoms with Crippen LogP contribution in [0, 0.1) is 0 Å². The van der Waals surface area contributed by atoms with E-state index in [1.807, 2.05) is 36.6 Å². The first kappa shape index (κ1) is 14.0. The molecular weight excluding hydrogens is 256 g/mol. The van der Waals surface area contributed by atoms with Crippen LogP contribution >= 0.6 is 11.8 Å². The molecule has 1 aliphatic rings. The van der Waals surface area contributed by atoms with Gasteiger partial charge in [0.05, 0.1) is 0 Å². The summed E-state index contributed by atoms with van der Waals surface area (Å²) in [6.45, 7) is 2.12. The van der Waals surface area contributed by atoms with Gasteiger partial charge in [0, 0.05) is 16.2 Å². The molecule has 0 spiro atoms. The number of hydrogen-bond donors (Lipinski definition) is 3. The Bertz CT molecular complexity index is 507. The summed E-state index contributed by atoms with van der Waals surface area (Å²) in [6.07, 6.45) is 5.85. The van der Waals surface area contributed by atoms with Crippen molar-refractivity contribution < 1.29 is 0 Å². The van der Waals surface area contributed by atoms with E-state index in [1.54, 1.807) is 11.8 Å². The molecule has 1 heterocycles. The molecule has 4 nitrogen and oxygen atoms in total. The van der Waals surface area contributed by atoms with E-state index in [2.05, 4.69) is 17.2 Å². The molecule has 5 heteroatoms. The van der Waals surface area contributed by atoms with Crippen molar-refractivity contribution >= 4 is 17.6 Å². The summed E-state index contributed by atoms with van der Waals surface area (Å²) in [5.74, 6) is -0.487. The average molecular weight is 276 g/mol. The Morgan fingerprint density at radius 3 is 2.58 bits per heavy atom. The Hall–Kier alpha value is -1.46. The van der Waals surface area contributed by atoms with Gasteiger partial charge in [-0.15, -0.1) is 11.8 Å². The standard InChI is InChI=1S/C14H20N4S/c1-3-4-11-9-13(15)18-14(16,17-11)10-5-7-12(19-2)8-6-10/h5-9,17H,3-4,16H2,1-2H3,(H2,15,18). The van der Waals surface area contributed by atoms with E-state index in [1.165, 1.54) is 4.90 Å². The van der Waals surface area contributed by atoms with Crippen molar-refractivity contribution in [2.75, 3.05) is 6.26 Å². The van der Waals surface area contributed by atoms with E-state index in [4.69, 9.17) is 11.5 Å². The Morgan fingerprint density at radius 1 is 1.32 bits per heavy atom. The van der Waals surface area contributed by atoms with E-state index in [9.17, 15) is 0 Å². The zero-order chi connectivity index (χ0) is 13.9. The molecule has 1 aliphatic heterocycles. The molecule has 19 heavy (non-hydrogen) atoms. The molecule has 0 radical (unpaired) electrons. The Morgan fingerprint density at radius 2 is 2.00 bits per heavy atom. The number of aliphatic imine (C=N–C) groups is 1. The van der Waals surface area contributed by atoms with Gasteiger partial charge in [-0.3, -0.25) is 5.73 Å². The number of hydrogen-bond acceptors (Lipinski definition) is 5. The largest absolute Gasteiger partial charge is 0.384 e. The second-order valence-corrected chi connectivity index (χ2v) is 5.46. The van der Waals surface area contributed by atoms with Crippen molar-refractivity contribution in [1.82, 2.24) is 5.32 Å². The third kappa shape index (κ3) is 3.11. The summed E-state index contributed by atoms with van der Waals surface area (Å²) in [7, 11) is 0. The Balaban J connectivity index is 2.29. The summed E-state index contributed by atoms with van der Waals surface area (Å²) in [4.78, 5) is 5.55. The molecule has 1 aromatic rings. The maximum atomic E-state index is 6.36. The van der Waals surface area contributed by atoms with Gasteiger partial charge < -0.3 is 11.1 Å². The fraction of sp³-hybridized carbons (Fsp3) is 0.357. The van der Waals surface area contributed by atoms with Gasteiger partial charge in [-0.2, -0.15) is 0 Å². The number of thioether (sulfide) groups is 1. The zero-order valence-corrected chi connectivity index (χ0v) is 12.1. The van der Waals surface area contributed by atoms with Crippen molar-refractivity contribution in [3.63, 3.8) is 0 Å². The molecule has 0 saturated heterocycles. The maximum absolute atomic E-state index is 6.36. The Kier molecular flexibility index (Phi) is 4.17. The van der Waals surface area contributed by atoms with Crippen LogP contribution in [0.25, 0.3) is 0 Å². The van der Waals surface area contributed by atoms with E-state index in [0.29, 0.717) is 5.84 Å². The summed E-state index contributed by atoms with van der Waals surface area (Å²) in [5.41, 5.74) is 14.2. The van der Waals surface area contributed by atoms with Gasteiger partial charge in [0.25, 0.3) is 0 Å². The van der Waals surface area contributed by atoms with Crippen LogP contribution in [-0.2, 0) is 5.79 Å². The lowest BCUT2D eigenvalue weighted by molar-refractivity contribution is 0.386. The molecule has 0 aliphatic carbocycles. The molecule has 1 aromatic carbocycles. The summed E-state index contributed by atoms with van der Waals surface area (Å²) >= 11 is 1.70. The van der Waals surface area contributed by atoms with E-state index in [0.717, 1.165) is 24.1 Å². The number of nitrogens with two attached hydrogens (primary N) is 2. The lowest BCUT2D eigenvalue weighted by Gasteiger charge is -2.32. The van der Waals surface area contributed by atoms with Gasteiger partial charge in [0.1, 0.15) is 5.84 Å². The number of amidine groups is 1.